The number of anilines is 1. The van der Waals surface area contributed by atoms with Crippen LogP contribution in [0.5, 0.6) is 0 Å². The summed E-state index contributed by atoms with van der Waals surface area (Å²) in [4.78, 5) is 25.7. The van der Waals surface area contributed by atoms with Gasteiger partial charge in [-0.25, -0.2) is 0 Å². The first kappa shape index (κ1) is 11.7. The minimum absolute atomic E-state index is 0.178. The van der Waals surface area contributed by atoms with E-state index >= 15 is 0 Å². The molecule has 1 aliphatic heterocycles. The summed E-state index contributed by atoms with van der Waals surface area (Å²) in [5.74, 6) is -0.808. The Morgan fingerprint density at radius 2 is 1.83 bits per heavy atom. The highest BCUT2D eigenvalue weighted by atomic mass is 35.5. The normalized spacial score (nSPS) is 20.4. The predicted octanol–water partition coefficient (Wildman–Crippen LogP) is 3.20. The van der Waals surface area contributed by atoms with Crippen LogP contribution in [0.4, 0.5) is 5.69 Å². The monoisotopic (exact) mass is 263 g/mol. The van der Waals surface area contributed by atoms with Gasteiger partial charge in [0.2, 0.25) is 0 Å². The van der Waals surface area contributed by atoms with Crippen LogP contribution in [0.1, 0.15) is 42.5 Å². The van der Waals surface area contributed by atoms with Gasteiger partial charge in [-0.05, 0) is 31.0 Å². The Labute approximate surface area is 111 Å². The summed E-state index contributed by atoms with van der Waals surface area (Å²) < 4.78 is 0. The summed E-state index contributed by atoms with van der Waals surface area (Å²) in [6.07, 6.45) is 5.46. The van der Waals surface area contributed by atoms with Crippen molar-refractivity contribution in [2.24, 2.45) is 0 Å². The van der Waals surface area contributed by atoms with Gasteiger partial charge in [0, 0.05) is 11.1 Å². The Bertz CT molecular complexity index is 521. The first-order valence-electron chi connectivity index (χ1n) is 6.36. The van der Waals surface area contributed by atoms with E-state index in [2.05, 4.69) is 0 Å². The molecule has 0 saturated heterocycles. The lowest BCUT2D eigenvalue weighted by Crippen LogP contribution is -2.40. The third-order valence-electron chi connectivity index (χ3n) is 3.82. The molecule has 1 aliphatic carbocycles. The third-order valence-corrected chi connectivity index (χ3v) is 4.05. The first-order valence-corrected chi connectivity index (χ1v) is 6.74. The summed E-state index contributed by atoms with van der Waals surface area (Å²) in [6, 6.07) is 5.30. The van der Waals surface area contributed by atoms with E-state index in [9.17, 15) is 9.59 Å². The maximum absolute atomic E-state index is 12.1. The van der Waals surface area contributed by atoms with Gasteiger partial charge in [0.25, 0.3) is 11.7 Å². The van der Waals surface area contributed by atoms with Crippen molar-refractivity contribution in [1.29, 1.82) is 0 Å². The zero-order chi connectivity index (χ0) is 12.7. The van der Waals surface area contributed by atoms with Crippen molar-refractivity contribution in [2.75, 3.05) is 4.90 Å². The molecule has 2 aliphatic rings. The van der Waals surface area contributed by atoms with Crippen molar-refractivity contribution in [1.82, 2.24) is 0 Å². The van der Waals surface area contributed by atoms with Crippen LogP contribution < -0.4 is 4.90 Å². The highest BCUT2D eigenvalue weighted by molar-refractivity contribution is 6.52. The number of halogens is 1. The lowest BCUT2D eigenvalue weighted by Gasteiger charge is -2.30. The van der Waals surface area contributed by atoms with Crippen LogP contribution in [0.2, 0.25) is 5.02 Å². The van der Waals surface area contributed by atoms with Crippen LogP contribution in [-0.2, 0) is 4.79 Å². The standard InChI is InChI=1S/C14H14ClNO2/c15-9-6-7-12-11(8-9)13(17)14(18)16(12)10-4-2-1-3-5-10/h6-8,10H,1-5H2. The second kappa shape index (κ2) is 4.39. The second-order valence-corrected chi connectivity index (χ2v) is 5.39. The summed E-state index contributed by atoms with van der Waals surface area (Å²) in [5.41, 5.74) is 1.19. The van der Waals surface area contributed by atoms with E-state index in [0.29, 0.717) is 10.6 Å². The Kier molecular flexibility index (Phi) is 2.86. The number of hydrogen-bond acceptors (Lipinski definition) is 2. The van der Waals surface area contributed by atoms with Crippen LogP contribution >= 0.6 is 11.6 Å². The first-order chi connectivity index (χ1) is 8.68. The molecule has 1 aromatic carbocycles. The molecule has 3 nitrogen and oxygen atoms in total. The molecule has 94 valence electrons. The average molecular weight is 264 g/mol. The van der Waals surface area contributed by atoms with E-state index in [-0.39, 0.29) is 11.9 Å². The summed E-state index contributed by atoms with van der Waals surface area (Å²) in [5, 5.41) is 0.500. The molecule has 0 bridgehead atoms. The molecule has 1 saturated carbocycles. The number of fused-ring (bicyclic) bond motifs is 1. The van der Waals surface area contributed by atoms with Crippen LogP contribution in [0.3, 0.4) is 0 Å². The predicted molar refractivity (Wildman–Crippen MR) is 70.1 cm³/mol. The number of benzene rings is 1. The minimum Gasteiger partial charge on any atom is -0.302 e. The quantitative estimate of drug-likeness (QED) is 0.730. The van der Waals surface area contributed by atoms with Crippen LogP contribution in [-0.4, -0.2) is 17.7 Å². The smallest absolute Gasteiger partial charge is 0.299 e. The molecule has 0 atom stereocenters. The number of ketones is 1. The fourth-order valence-electron chi connectivity index (χ4n) is 2.94. The van der Waals surface area contributed by atoms with Gasteiger partial charge in [0.1, 0.15) is 0 Å². The van der Waals surface area contributed by atoms with E-state index < -0.39 is 5.78 Å². The summed E-state index contributed by atoms with van der Waals surface area (Å²) in [6.45, 7) is 0. The maximum Gasteiger partial charge on any atom is 0.299 e. The number of Topliss-reactive ketones (excluding diaryl/α,β-unsaturated/α-hetero) is 1. The number of hydrogen-bond donors (Lipinski definition) is 0. The van der Waals surface area contributed by atoms with E-state index in [1.165, 1.54) is 6.42 Å². The minimum atomic E-state index is -0.418. The Morgan fingerprint density at radius 3 is 2.56 bits per heavy atom. The largest absolute Gasteiger partial charge is 0.302 e. The van der Waals surface area contributed by atoms with Gasteiger partial charge >= 0.3 is 0 Å². The second-order valence-electron chi connectivity index (χ2n) is 4.96. The fourth-order valence-corrected chi connectivity index (χ4v) is 3.11. The molecular weight excluding hydrogens is 250 g/mol. The van der Waals surface area contributed by atoms with Crippen LogP contribution in [0, 0.1) is 0 Å². The van der Waals surface area contributed by atoms with Gasteiger partial charge in [-0.15, -0.1) is 0 Å². The Balaban J connectivity index is 2.01. The number of carbonyl (C=O) groups is 2. The molecule has 3 rings (SSSR count). The van der Waals surface area contributed by atoms with Crippen molar-refractivity contribution < 1.29 is 9.59 Å². The molecule has 1 amide bonds. The molecule has 1 aromatic rings. The molecular formula is C14H14ClNO2. The zero-order valence-corrected chi connectivity index (χ0v) is 10.7. The summed E-state index contributed by atoms with van der Waals surface area (Å²) >= 11 is 5.89. The van der Waals surface area contributed by atoms with Gasteiger partial charge in [0.05, 0.1) is 11.3 Å². The van der Waals surface area contributed by atoms with Crippen molar-refractivity contribution in [2.45, 2.75) is 38.1 Å². The van der Waals surface area contributed by atoms with Gasteiger partial charge in [0.15, 0.2) is 0 Å². The molecule has 1 fully saturated rings. The lowest BCUT2D eigenvalue weighted by atomic mass is 9.94. The van der Waals surface area contributed by atoms with Gasteiger partial charge in [-0.2, -0.15) is 0 Å². The molecule has 4 heteroatoms. The molecule has 0 radical (unpaired) electrons. The molecule has 0 unspecified atom stereocenters. The third kappa shape index (κ3) is 1.74. The number of nitrogens with zero attached hydrogens (tertiary/aromatic N) is 1. The molecule has 1 heterocycles. The van der Waals surface area contributed by atoms with E-state index in [1.807, 2.05) is 0 Å². The highest BCUT2D eigenvalue weighted by Gasteiger charge is 2.39. The van der Waals surface area contributed by atoms with Gasteiger partial charge in [-0.3, -0.25) is 9.59 Å². The molecule has 0 spiro atoms. The van der Waals surface area contributed by atoms with Gasteiger partial charge < -0.3 is 4.90 Å². The van der Waals surface area contributed by atoms with Crippen molar-refractivity contribution >= 4 is 29.0 Å². The molecule has 18 heavy (non-hydrogen) atoms. The SMILES string of the molecule is O=C1C(=O)N(C2CCCCC2)c2ccc(Cl)cc21. The topological polar surface area (TPSA) is 37.4 Å². The lowest BCUT2D eigenvalue weighted by molar-refractivity contribution is -0.114. The Hall–Kier alpha value is -1.35. The van der Waals surface area contributed by atoms with Crippen LogP contribution in [0.15, 0.2) is 18.2 Å². The highest BCUT2D eigenvalue weighted by Crippen LogP contribution is 2.36. The number of rotatable bonds is 1. The van der Waals surface area contributed by atoms with E-state index in [1.54, 1.807) is 23.1 Å². The zero-order valence-electron chi connectivity index (χ0n) is 9.99. The van der Waals surface area contributed by atoms with Crippen molar-refractivity contribution in [3.63, 3.8) is 0 Å². The number of amides is 1. The Morgan fingerprint density at radius 1 is 1.11 bits per heavy atom. The van der Waals surface area contributed by atoms with Crippen molar-refractivity contribution in [3.8, 4) is 0 Å². The van der Waals surface area contributed by atoms with E-state index in [4.69, 9.17) is 11.6 Å². The maximum atomic E-state index is 12.1. The van der Waals surface area contributed by atoms with Crippen LogP contribution in [0.25, 0.3) is 0 Å². The fraction of sp³-hybridized carbons (Fsp3) is 0.429. The average Bonchev–Trinajstić information content (AvgIpc) is 2.64. The van der Waals surface area contributed by atoms with Crippen molar-refractivity contribution in [3.05, 3.63) is 28.8 Å². The summed E-state index contributed by atoms with van der Waals surface area (Å²) in [7, 11) is 0. The van der Waals surface area contributed by atoms with E-state index in [0.717, 1.165) is 31.4 Å². The number of carbonyl (C=O) groups excluding carboxylic acids is 2. The molecule has 0 aromatic heterocycles. The molecule has 0 N–H and O–H groups in total. The van der Waals surface area contributed by atoms with Gasteiger partial charge in [-0.1, -0.05) is 30.9 Å².